The largest absolute Gasteiger partial charge is 0.460 e. The number of cyclic esters (lactones) is 1. The average Bonchev–Trinajstić information content (AvgIpc) is 3.30. The van der Waals surface area contributed by atoms with Crippen LogP contribution in [0, 0.1) is 17.8 Å². The monoisotopic (exact) mass is 559 g/mol. The number of nitrogens with one attached hydrogen (secondary N) is 1. The Balaban J connectivity index is 1.79. The number of allylic oxidation sites excluding steroid dienone is 1. The van der Waals surface area contributed by atoms with Gasteiger partial charge in [0.05, 0.1) is 31.2 Å². The van der Waals surface area contributed by atoms with Crippen LogP contribution in [0.15, 0.2) is 24.3 Å². The molecular weight excluding hydrogens is 514 g/mol. The standard InChI is InChI=1S/C30H45N3O7/c1-5-6-9-14-32-15-10-13-30-25(27(36)33(26(30)28(32)37)21(18-34)16-19(2)3)24-22(40-30)11-7-8-12-23(35)31-17-20(4)39-29(24)38/h7,10-11,13,19-22,24-26,34H,5-6,8-9,12,14-18H2,1-4H3,(H,31,35)/b11-7-/t20-,21-,22-,24+,25+,26-,30+/m1/s1. The van der Waals surface area contributed by atoms with E-state index >= 15 is 0 Å². The number of hydrogen-bond donors (Lipinski definition) is 2. The molecule has 0 radical (unpaired) electrons. The van der Waals surface area contributed by atoms with Gasteiger partial charge in [-0.3, -0.25) is 19.2 Å². The van der Waals surface area contributed by atoms with E-state index in [1.807, 2.05) is 26.0 Å². The topological polar surface area (TPSA) is 125 Å². The number of carbonyl (C=O) groups is 4. The summed E-state index contributed by atoms with van der Waals surface area (Å²) in [6.45, 7) is 8.61. The quantitative estimate of drug-likeness (QED) is 0.265. The lowest BCUT2D eigenvalue weighted by Crippen LogP contribution is -2.58. The Labute approximate surface area is 237 Å². The van der Waals surface area contributed by atoms with Gasteiger partial charge in [0, 0.05) is 19.5 Å². The number of aliphatic hydroxyl groups excluding tert-OH is 1. The zero-order chi connectivity index (χ0) is 29.0. The van der Waals surface area contributed by atoms with Crippen molar-refractivity contribution in [2.75, 3.05) is 26.2 Å². The molecule has 4 heterocycles. The highest BCUT2D eigenvalue weighted by Crippen LogP contribution is 2.53. The number of fused-ring (bicyclic) bond motifs is 2. The number of nitrogens with zero attached hydrogens (tertiary/aromatic N) is 2. The number of unbranched alkanes of at least 4 members (excludes halogenated alkanes) is 2. The Morgan fingerprint density at radius 3 is 2.62 bits per heavy atom. The number of rotatable bonds is 8. The van der Waals surface area contributed by atoms with Crippen LogP contribution < -0.4 is 5.32 Å². The Hall–Kier alpha value is -2.72. The number of carbonyl (C=O) groups excluding carboxylic acids is 4. The maximum atomic E-state index is 14.4. The van der Waals surface area contributed by atoms with Crippen molar-refractivity contribution >= 4 is 23.7 Å². The van der Waals surface area contributed by atoms with Crippen LogP contribution in [0.2, 0.25) is 0 Å². The molecule has 1 spiro atoms. The van der Waals surface area contributed by atoms with E-state index in [2.05, 4.69) is 12.2 Å². The molecule has 0 aromatic rings. The SMILES string of the molecule is CCCCCN1CC=C[C@]23O[C@@H]4/C=C\CCC(=O)NC[C@@H](C)OC(=O)[C@@H]4[C@H]2C(=O)N([C@@H](CO)CC(C)C)[C@@H]3C1=O. The molecule has 3 amide bonds. The van der Waals surface area contributed by atoms with Gasteiger partial charge in [-0.2, -0.15) is 0 Å². The van der Waals surface area contributed by atoms with E-state index in [0.29, 0.717) is 25.9 Å². The van der Waals surface area contributed by atoms with Crippen LogP contribution >= 0.6 is 0 Å². The van der Waals surface area contributed by atoms with Crippen LogP contribution in [-0.4, -0.2) is 94.7 Å². The van der Waals surface area contributed by atoms with Crippen molar-refractivity contribution in [3.63, 3.8) is 0 Å². The summed E-state index contributed by atoms with van der Waals surface area (Å²) in [5, 5.41) is 13.2. The van der Waals surface area contributed by atoms with Crippen molar-refractivity contribution in [1.29, 1.82) is 0 Å². The number of likely N-dealkylation sites (tertiary alicyclic amines) is 1. The van der Waals surface area contributed by atoms with E-state index < -0.39 is 47.7 Å². The minimum atomic E-state index is -1.38. The molecule has 2 N–H and O–H groups in total. The van der Waals surface area contributed by atoms with E-state index in [0.717, 1.165) is 19.3 Å². The Kier molecular flexibility index (Phi) is 9.72. The van der Waals surface area contributed by atoms with E-state index in [1.54, 1.807) is 24.0 Å². The maximum Gasteiger partial charge on any atom is 0.313 e. The first-order valence-corrected chi connectivity index (χ1v) is 14.9. The van der Waals surface area contributed by atoms with Crippen molar-refractivity contribution in [3.05, 3.63) is 24.3 Å². The van der Waals surface area contributed by atoms with Crippen molar-refractivity contribution in [1.82, 2.24) is 15.1 Å². The Morgan fingerprint density at radius 2 is 1.93 bits per heavy atom. The first-order chi connectivity index (χ1) is 19.1. The second-order valence-electron chi connectivity index (χ2n) is 12.0. The fourth-order valence-corrected chi connectivity index (χ4v) is 6.62. The lowest BCUT2D eigenvalue weighted by molar-refractivity contribution is -0.159. The Bertz CT molecular complexity index is 1030. The molecule has 222 valence electrons. The second-order valence-corrected chi connectivity index (χ2v) is 12.0. The van der Waals surface area contributed by atoms with Crippen molar-refractivity contribution in [3.8, 4) is 0 Å². The summed E-state index contributed by atoms with van der Waals surface area (Å²) in [7, 11) is 0. The molecule has 4 rings (SSSR count). The minimum absolute atomic E-state index is 0.140. The number of esters is 1. The molecule has 7 atom stereocenters. The van der Waals surface area contributed by atoms with Crippen LogP contribution in [0.5, 0.6) is 0 Å². The fourth-order valence-electron chi connectivity index (χ4n) is 6.62. The molecule has 0 bridgehead atoms. The van der Waals surface area contributed by atoms with Gasteiger partial charge in [0.25, 0.3) is 0 Å². The van der Waals surface area contributed by atoms with Gasteiger partial charge in [-0.05, 0) is 32.1 Å². The molecule has 40 heavy (non-hydrogen) atoms. The molecule has 2 fully saturated rings. The molecule has 4 aliphatic heterocycles. The highest BCUT2D eigenvalue weighted by molar-refractivity contribution is 5.99. The molecule has 0 unspecified atom stereocenters. The van der Waals surface area contributed by atoms with Crippen molar-refractivity contribution in [2.24, 2.45) is 17.8 Å². The van der Waals surface area contributed by atoms with Crippen LogP contribution in [0.3, 0.4) is 0 Å². The van der Waals surface area contributed by atoms with E-state index in [9.17, 15) is 24.3 Å². The summed E-state index contributed by atoms with van der Waals surface area (Å²) in [6.07, 6.45) is 9.85. The first kappa shape index (κ1) is 30.2. The summed E-state index contributed by atoms with van der Waals surface area (Å²) in [4.78, 5) is 57.8. The number of hydrogen-bond acceptors (Lipinski definition) is 7. The van der Waals surface area contributed by atoms with E-state index in [1.165, 1.54) is 4.90 Å². The molecule has 0 aromatic carbocycles. The van der Waals surface area contributed by atoms with Crippen LogP contribution in [0.1, 0.15) is 66.2 Å². The smallest absolute Gasteiger partial charge is 0.313 e. The van der Waals surface area contributed by atoms with Crippen LogP contribution in [0.4, 0.5) is 0 Å². The summed E-state index contributed by atoms with van der Waals surface area (Å²) >= 11 is 0. The van der Waals surface area contributed by atoms with Gasteiger partial charge in [-0.25, -0.2) is 0 Å². The van der Waals surface area contributed by atoms with E-state index in [4.69, 9.17) is 9.47 Å². The lowest BCUT2D eigenvalue weighted by atomic mass is 9.78. The van der Waals surface area contributed by atoms with Gasteiger partial charge in [-0.1, -0.05) is 57.9 Å². The van der Waals surface area contributed by atoms with Gasteiger partial charge in [0.2, 0.25) is 17.7 Å². The van der Waals surface area contributed by atoms with Crippen LogP contribution in [0.25, 0.3) is 0 Å². The lowest BCUT2D eigenvalue weighted by Gasteiger charge is -2.39. The summed E-state index contributed by atoms with van der Waals surface area (Å²) in [5.41, 5.74) is -1.38. The molecule has 4 aliphatic rings. The van der Waals surface area contributed by atoms with Crippen LogP contribution in [-0.2, 0) is 28.7 Å². The predicted octanol–water partition coefficient (Wildman–Crippen LogP) is 1.96. The molecule has 10 heteroatoms. The molecule has 2 saturated heterocycles. The normalized spacial score (nSPS) is 34.3. The number of aliphatic hydroxyl groups is 1. The summed E-state index contributed by atoms with van der Waals surface area (Å²) < 4.78 is 12.4. The fraction of sp³-hybridized carbons (Fsp3) is 0.733. The number of amides is 3. The Morgan fingerprint density at radius 1 is 1.15 bits per heavy atom. The maximum absolute atomic E-state index is 14.4. The van der Waals surface area contributed by atoms with Gasteiger partial charge in [0.15, 0.2) is 0 Å². The van der Waals surface area contributed by atoms with E-state index in [-0.39, 0.29) is 43.2 Å². The van der Waals surface area contributed by atoms with Gasteiger partial charge in [0.1, 0.15) is 23.7 Å². The third-order valence-electron chi connectivity index (χ3n) is 8.43. The zero-order valence-electron chi connectivity index (χ0n) is 24.2. The summed E-state index contributed by atoms with van der Waals surface area (Å²) in [6, 6.07) is -1.60. The van der Waals surface area contributed by atoms with Crippen molar-refractivity contribution < 1.29 is 33.8 Å². The highest BCUT2D eigenvalue weighted by Gasteiger charge is 2.72. The number of ether oxygens (including phenoxy) is 2. The second kappa shape index (κ2) is 12.9. The molecule has 10 nitrogen and oxygen atoms in total. The average molecular weight is 560 g/mol. The van der Waals surface area contributed by atoms with Crippen molar-refractivity contribution in [2.45, 2.75) is 96.1 Å². The van der Waals surface area contributed by atoms with Gasteiger partial charge in [-0.15, -0.1) is 0 Å². The molecule has 0 saturated carbocycles. The molecule has 0 aliphatic carbocycles. The van der Waals surface area contributed by atoms with Gasteiger partial charge < -0.3 is 29.7 Å². The van der Waals surface area contributed by atoms with Gasteiger partial charge >= 0.3 is 5.97 Å². The third kappa shape index (κ3) is 5.84. The zero-order valence-corrected chi connectivity index (χ0v) is 24.2. The third-order valence-corrected chi connectivity index (χ3v) is 8.43. The predicted molar refractivity (Wildman–Crippen MR) is 148 cm³/mol. The minimum Gasteiger partial charge on any atom is -0.460 e. The highest BCUT2D eigenvalue weighted by atomic mass is 16.6. The first-order valence-electron chi connectivity index (χ1n) is 14.9. The summed E-state index contributed by atoms with van der Waals surface area (Å²) in [5.74, 6) is -3.13. The molecule has 0 aromatic heterocycles. The molecular formula is C30H45N3O7.